The van der Waals surface area contributed by atoms with Crippen LogP contribution in [0.4, 0.5) is 5.69 Å². The Morgan fingerprint density at radius 3 is 2.44 bits per heavy atom. The molecule has 3 aromatic rings. The number of nitrogens with zero attached hydrogens (tertiary/aromatic N) is 5. The van der Waals surface area contributed by atoms with E-state index in [-0.39, 0.29) is 5.56 Å². The summed E-state index contributed by atoms with van der Waals surface area (Å²) in [6.45, 7) is 9.70. The molecule has 0 bridgehead atoms. The van der Waals surface area contributed by atoms with Gasteiger partial charge in [-0.3, -0.25) is 14.0 Å². The molecule has 2 aromatic heterocycles. The number of fused-ring (bicyclic) bond motifs is 1. The van der Waals surface area contributed by atoms with Gasteiger partial charge in [-0.25, -0.2) is 9.79 Å². The van der Waals surface area contributed by atoms with Crippen LogP contribution in [0.5, 0.6) is 0 Å². The molecule has 3 heterocycles. The van der Waals surface area contributed by atoms with E-state index in [1.807, 2.05) is 50.5 Å². The summed E-state index contributed by atoms with van der Waals surface area (Å²) in [6.07, 6.45) is 3.71. The fourth-order valence-electron chi connectivity index (χ4n) is 4.37. The van der Waals surface area contributed by atoms with Crippen molar-refractivity contribution in [3.05, 3.63) is 78.2 Å². The molecular weight excluding hydrogens is 450 g/mol. The highest BCUT2D eigenvalue weighted by molar-refractivity contribution is 7.07. The van der Waals surface area contributed by atoms with Crippen molar-refractivity contribution in [2.45, 2.75) is 33.7 Å². The van der Waals surface area contributed by atoms with Gasteiger partial charge in [-0.05, 0) is 51.5 Å². The van der Waals surface area contributed by atoms with Crippen LogP contribution in [0.1, 0.15) is 43.6 Å². The van der Waals surface area contributed by atoms with Crippen LogP contribution < -0.4 is 19.8 Å². The van der Waals surface area contributed by atoms with Crippen molar-refractivity contribution < 1.29 is 9.53 Å². The molecule has 1 unspecified atom stereocenters. The summed E-state index contributed by atoms with van der Waals surface area (Å²) >= 11 is 1.31. The highest BCUT2D eigenvalue weighted by atomic mass is 32.1. The Kier molecular flexibility index (Phi) is 6.56. The number of carbonyl (C=O) groups excluding carboxylic acids is 1. The van der Waals surface area contributed by atoms with E-state index in [9.17, 15) is 9.59 Å². The van der Waals surface area contributed by atoms with Crippen LogP contribution in [0.2, 0.25) is 0 Å². The summed E-state index contributed by atoms with van der Waals surface area (Å²) in [5, 5.41) is 4.36. The molecule has 1 aliphatic heterocycles. The van der Waals surface area contributed by atoms with E-state index < -0.39 is 12.0 Å². The van der Waals surface area contributed by atoms with E-state index in [0.29, 0.717) is 20.6 Å². The predicted octanol–water partition coefficient (Wildman–Crippen LogP) is 2.30. The molecule has 0 aliphatic carbocycles. The first-order valence-electron chi connectivity index (χ1n) is 11.2. The maximum Gasteiger partial charge on any atom is 0.338 e. The SMILES string of the molecule is CCN(CC)c1ccc(C2C(C(=O)OC)=C(C)N=c3sc(=Cc4cn(C)nc4C)c(=O)n32)cc1. The molecule has 178 valence electrons. The number of anilines is 1. The number of carbonyl (C=O) groups is 1. The molecule has 0 saturated heterocycles. The van der Waals surface area contributed by atoms with Crippen molar-refractivity contribution in [2.75, 3.05) is 25.1 Å². The highest BCUT2D eigenvalue weighted by Crippen LogP contribution is 2.31. The van der Waals surface area contributed by atoms with Crippen LogP contribution >= 0.6 is 11.3 Å². The van der Waals surface area contributed by atoms with Gasteiger partial charge in [0.1, 0.15) is 0 Å². The number of thiazole rings is 1. The molecule has 1 aromatic carbocycles. The first-order chi connectivity index (χ1) is 16.3. The number of methoxy groups -OCH3 is 1. The molecule has 0 N–H and O–H groups in total. The van der Waals surface area contributed by atoms with Crippen LogP contribution in [-0.4, -0.2) is 40.5 Å². The Bertz CT molecular complexity index is 1440. The standard InChI is InChI=1S/C25H29N5O3S/c1-7-29(8-2)19-11-9-17(10-12-19)22-21(24(32)33-6)16(4)26-25-30(22)23(31)20(34-25)13-18-14-28(5)27-15(18)3/h9-14,22H,7-8H2,1-6H3. The quantitative estimate of drug-likeness (QED) is 0.507. The Labute approximate surface area is 202 Å². The van der Waals surface area contributed by atoms with Crippen molar-refractivity contribution >= 4 is 29.1 Å². The van der Waals surface area contributed by atoms with Gasteiger partial charge >= 0.3 is 5.97 Å². The van der Waals surface area contributed by atoms with Crippen molar-refractivity contribution in [1.29, 1.82) is 0 Å². The minimum absolute atomic E-state index is 0.196. The van der Waals surface area contributed by atoms with Gasteiger partial charge in [0.15, 0.2) is 4.80 Å². The normalized spacial score (nSPS) is 15.8. The topological polar surface area (TPSA) is 81.7 Å². The van der Waals surface area contributed by atoms with Gasteiger partial charge in [-0.15, -0.1) is 0 Å². The van der Waals surface area contributed by atoms with E-state index in [2.05, 4.69) is 28.8 Å². The average Bonchev–Trinajstić information content (AvgIpc) is 3.30. The Morgan fingerprint density at radius 1 is 1.21 bits per heavy atom. The van der Waals surface area contributed by atoms with E-state index in [4.69, 9.17) is 4.74 Å². The molecule has 0 radical (unpaired) electrons. The lowest BCUT2D eigenvalue weighted by molar-refractivity contribution is -0.136. The number of benzene rings is 1. The van der Waals surface area contributed by atoms with Gasteiger partial charge in [0.2, 0.25) is 0 Å². The molecule has 1 atom stereocenters. The predicted molar refractivity (Wildman–Crippen MR) is 134 cm³/mol. The number of esters is 1. The smallest absolute Gasteiger partial charge is 0.338 e. The fraction of sp³-hybridized carbons (Fsp3) is 0.360. The second kappa shape index (κ2) is 9.42. The number of rotatable bonds is 6. The average molecular weight is 480 g/mol. The zero-order valence-corrected chi connectivity index (χ0v) is 21.1. The van der Waals surface area contributed by atoms with Crippen molar-refractivity contribution in [1.82, 2.24) is 14.3 Å². The van der Waals surface area contributed by atoms with Crippen LogP contribution in [-0.2, 0) is 16.6 Å². The zero-order chi connectivity index (χ0) is 24.6. The first kappa shape index (κ1) is 23.7. The van der Waals surface area contributed by atoms with Crippen LogP contribution in [0.25, 0.3) is 6.08 Å². The zero-order valence-electron chi connectivity index (χ0n) is 20.3. The third kappa shape index (κ3) is 4.11. The summed E-state index contributed by atoms with van der Waals surface area (Å²) in [5.41, 5.74) is 4.35. The van der Waals surface area contributed by atoms with Gasteiger partial charge < -0.3 is 9.64 Å². The Balaban J connectivity index is 1.92. The lowest BCUT2D eigenvalue weighted by Crippen LogP contribution is -2.39. The molecule has 1 aliphatic rings. The molecule has 4 rings (SSSR count). The number of aromatic nitrogens is 3. The van der Waals surface area contributed by atoms with Crippen molar-refractivity contribution in [3.8, 4) is 0 Å². The molecule has 0 amide bonds. The van der Waals surface area contributed by atoms with Gasteiger partial charge in [0.25, 0.3) is 5.56 Å². The van der Waals surface area contributed by atoms with E-state index in [1.54, 1.807) is 16.2 Å². The van der Waals surface area contributed by atoms with Gasteiger partial charge in [-0.2, -0.15) is 5.10 Å². The Morgan fingerprint density at radius 2 is 1.88 bits per heavy atom. The number of hydrogen-bond donors (Lipinski definition) is 0. The molecule has 0 spiro atoms. The monoisotopic (exact) mass is 479 g/mol. The van der Waals surface area contributed by atoms with Gasteiger partial charge in [0, 0.05) is 37.6 Å². The van der Waals surface area contributed by atoms with Crippen LogP contribution in [0, 0.1) is 6.92 Å². The number of allylic oxidation sites excluding steroid dienone is 1. The largest absolute Gasteiger partial charge is 0.466 e. The highest BCUT2D eigenvalue weighted by Gasteiger charge is 2.33. The molecular formula is C25H29N5O3S. The molecule has 34 heavy (non-hydrogen) atoms. The third-order valence-corrected chi connectivity index (χ3v) is 7.09. The maximum absolute atomic E-state index is 13.6. The summed E-state index contributed by atoms with van der Waals surface area (Å²) in [7, 11) is 3.19. The van der Waals surface area contributed by atoms with E-state index in [1.165, 1.54) is 18.4 Å². The summed E-state index contributed by atoms with van der Waals surface area (Å²) < 4.78 is 8.95. The van der Waals surface area contributed by atoms with Crippen molar-refractivity contribution in [3.63, 3.8) is 0 Å². The molecule has 8 nitrogen and oxygen atoms in total. The molecule has 0 saturated carbocycles. The van der Waals surface area contributed by atoms with Crippen LogP contribution in [0.3, 0.4) is 0 Å². The lowest BCUT2D eigenvalue weighted by atomic mass is 9.95. The van der Waals surface area contributed by atoms with Crippen molar-refractivity contribution in [2.24, 2.45) is 12.0 Å². The van der Waals surface area contributed by atoms with Gasteiger partial charge in [-0.1, -0.05) is 23.5 Å². The lowest BCUT2D eigenvalue weighted by Gasteiger charge is -2.26. The number of aryl methyl sites for hydroxylation is 2. The summed E-state index contributed by atoms with van der Waals surface area (Å²) in [5.74, 6) is -0.489. The second-order valence-corrected chi connectivity index (χ2v) is 9.19. The van der Waals surface area contributed by atoms with Gasteiger partial charge in [0.05, 0.1) is 34.6 Å². The van der Waals surface area contributed by atoms with Crippen LogP contribution in [0.15, 0.2) is 51.5 Å². The molecule has 0 fully saturated rings. The Hall–Kier alpha value is -3.46. The minimum Gasteiger partial charge on any atom is -0.466 e. The number of hydrogen-bond acceptors (Lipinski definition) is 7. The minimum atomic E-state index is -0.619. The number of ether oxygens (including phenoxy) is 1. The molecule has 9 heteroatoms. The summed E-state index contributed by atoms with van der Waals surface area (Å²) in [4.78, 5) is 33.8. The summed E-state index contributed by atoms with van der Waals surface area (Å²) in [6, 6.07) is 7.39. The first-order valence-corrected chi connectivity index (χ1v) is 12.1. The third-order valence-electron chi connectivity index (χ3n) is 6.10. The second-order valence-electron chi connectivity index (χ2n) is 8.18. The van der Waals surface area contributed by atoms with E-state index in [0.717, 1.165) is 35.6 Å². The maximum atomic E-state index is 13.6. The fourth-order valence-corrected chi connectivity index (χ4v) is 5.40. The van der Waals surface area contributed by atoms with E-state index >= 15 is 0 Å².